The van der Waals surface area contributed by atoms with Gasteiger partial charge in [-0.1, -0.05) is 6.92 Å². The number of nitrogens with zero attached hydrogens (tertiary/aromatic N) is 1. The van der Waals surface area contributed by atoms with Gasteiger partial charge >= 0.3 is 0 Å². The number of nitrogens with one attached hydrogen (secondary N) is 1. The molecular formula is C11H21N3O. The van der Waals surface area contributed by atoms with Crippen molar-refractivity contribution in [3.05, 3.63) is 0 Å². The Morgan fingerprint density at radius 1 is 1.47 bits per heavy atom. The minimum absolute atomic E-state index is 0.286. The highest BCUT2D eigenvalue weighted by Gasteiger charge is 2.27. The van der Waals surface area contributed by atoms with Gasteiger partial charge in [0.2, 0.25) is 0 Å². The van der Waals surface area contributed by atoms with Crippen LogP contribution in [0.15, 0.2) is 4.99 Å². The standard InChI is InChI=1S/C11H21N3O/c1-11(4-6-15-7-5-11)8-13-10(12)14-9-2-3-9/h9H,2-8H2,1H3,(H3,12,13,14). The summed E-state index contributed by atoms with van der Waals surface area (Å²) in [5, 5.41) is 3.21. The lowest BCUT2D eigenvalue weighted by Crippen LogP contribution is -2.36. The predicted molar refractivity (Wildman–Crippen MR) is 60.8 cm³/mol. The van der Waals surface area contributed by atoms with Gasteiger partial charge in [-0.05, 0) is 31.1 Å². The quantitative estimate of drug-likeness (QED) is 0.538. The molecule has 0 unspecified atom stereocenters. The Hall–Kier alpha value is -0.770. The number of aliphatic imine (C=N–C) groups is 1. The van der Waals surface area contributed by atoms with Crippen molar-refractivity contribution in [2.45, 2.75) is 38.6 Å². The summed E-state index contributed by atoms with van der Waals surface area (Å²) in [7, 11) is 0. The first kappa shape index (κ1) is 10.7. The Labute approximate surface area is 91.3 Å². The van der Waals surface area contributed by atoms with E-state index in [4.69, 9.17) is 10.5 Å². The third-order valence-electron chi connectivity index (χ3n) is 3.26. The van der Waals surface area contributed by atoms with E-state index in [0.717, 1.165) is 32.6 Å². The summed E-state index contributed by atoms with van der Waals surface area (Å²) >= 11 is 0. The van der Waals surface area contributed by atoms with Crippen molar-refractivity contribution in [2.24, 2.45) is 16.1 Å². The second-order valence-corrected chi connectivity index (χ2v) is 5.04. The first-order valence-electron chi connectivity index (χ1n) is 5.82. The van der Waals surface area contributed by atoms with Crippen LogP contribution in [0.25, 0.3) is 0 Å². The third kappa shape index (κ3) is 3.38. The fourth-order valence-corrected chi connectivity index (χ4v) is 1.78. The van der Waals surface area contributed by atoms with Crippen LogP contribution in [0.5, 0.6) is 0 Å². The number of rotatable bonds is 3. The van der Waals surface area contributed by atoms with E-state index < -0.39 is 0 Å². The molecule has 0 aromatic heterocycles. The van der Waals surface area contributed by atoms with Crippen LogP contribution in [-0.2, 0) is 4.74 Å². The smallest absolute Gasteiger partial charge is 0.188 e. The van der Waals surface area contributed by atoms with Gasteiger partial charge in [-0.3, -0.25) is 4.99 Å². The fourth-order valence-electron chi connectivity index (χ4n) is 1.78. The van der Waals surface area contributed by atoms with E-state index in [1.165, 1.54) is 12.8 Å². The first-order chi connectivity index (χ1) is 7.18. The minimum atomic E-state index is 0.286. The molecule has 0 radical (unpaired) electrons. The van der Waals surface area contributed by atoms with Gasteiger partial charge in [0.1, 0.15) is 0 Å². The highest BCUT2D eigenvalue weighted by Crippen LogP contribution is 2.29. The van der Waals surface area contributed by atoms with Gasteiger partial charge in [-0.25, -0.2) is 0 Å². The number of hydrogen-bond acceptors (Lipinski definition) is 2. The second-order valence-electron chi connectivity index (χ2n) is 5.04. The molecule has 1 aliphatic carbocycles. The van der Waals surface area contributed by atoms with Crippen molar-refractivity contribution < 1.29 is 4.74 Å². The molecule has 0 bridgehead atoms. The monoisotopic (exact) mass is 211 g/mol. The molecule has 1 aliphatic heterocycles. The zero-order valence-corrected chi connectivity index (χ0v) is 9.46. The van der Waals surface area contributed by atoms with E-state index in [1.54, 1.807) is 0 Å². The highest BCUT2D eigenvalue weighted by molar-refractivity contribution is 5.78. The summed E-state index contributed by atoms with van der Waals surface area (Å²) in [6.07, 6.45) is 4.66. The summed E-state index contributed by atoms with van der Waals surface area (Å²) in [5.41, 5.74) is 6.08. The molecule has 2 rings (SSSR count). The molecule has 0 atom stereocenters. The molecule has 1 saturated carbocycles. The Bertz CT molecular complexity index is 242. The largest absolute Gasteiger partial charge is 0.381 e. The van der Waals surface area contributed by atoms with Crippen molar-refractivity contribution in [1.82, 2.24) is 5.32 Å². The molecule has 15 heavy (non-hydrogen) atoms. The Kier molecular flexibility index (Phi) is 3.14. The topological polar surface area (TPSA) is 59.6 Å². The van der Waals surface area contributed by atoms with Crippen LogP contribution in [-0.4, -0.2) is 31.8 Å². The summed E-state index contributed by atoms with van der Waals surface area (Å²) in [6, 6.07) is 0.594. The van der Waals surface area contributed by atoms with Crippen LogP contribution < -0.4 is 11.1 Å². The van der Waals surface area contributed by atoms with Crippen LogP contribution >= 0.6 is 0 Å². The molecule has 4 heteroatoms. The van der Waals surface area contributed by atoms with E-state index >= 15 is 0 Å². The molecule has 0 amide bonds. The van der Waals surface area contributed by atoms with E-state index in [0.29, 0.717) is 12.0 Å². The zero-order valence-electron chi connectivity index (χ0n) is 9.46. The molecule has 4 nitrogen and oxygen atoms in total. The normalized spacial score (nSPS) is 26.3. The molecule has 1 saturated heterocycles. The van der Waals surface area contributed by atoms with Crippen molar-refractivity contribution in [2.75, 3.05) is 19.8 Å². The van der Waals surface area contributed by atoms with Gasteiger partial charge in [0.25, 0.3) is 0 Å². The van der Waals surface area contributed by atoms with Crippen LogP contribution in [0.1, 0.15) is 32.6 Å². The molecular weight excluding hydrogens is 190 g/mol. The average Bonchev–Trinajstić information content (AvgIpc) is 3.00. The Morgan fingerprint density at radius 3 is 2.73 bits per heavy atom. The fraction of sp³-hybridized carbons (Fsp3) is 0.909. The SMILES string of the molecule is CC1(CN=C(N)NC2CC2)CCOCC1. The Balaban J connectivity index is 1.78. The molecule has 1 heterocycles. The lowest BCUT2D eigenvalue weighted by molar-refractivity contribution is 0.0283. The molecule has 0 spiro atoms. The van der Waals surface area contributed by atoms with Crippen molar-refractivity contribution in [1.29, 1.82) is 0 Å². The summed E-state index contributed by atoms with van der Waals surface area (Å²) in [5.74, 6) is 0.616. The average molecular weight is 211 g/mol. The summed E-state index contributed by atoms with van der Waals surface area (Å²) in [6.45, 7) is 4.81. The van der Waals surface area contributed by atoms with Crippen LogP contribution in [0.3, 0.4) is 0 Å². The Morgan fingerprint density at radius 2 is 2.13 bits per heavy atom. The van der Waals surface area contributed by atoms with Gasteiger partial charge in [-0.15, -0.1) is 0 Å². The van der Waals surface area contributed by atoms with Gasteiger partial charge in [0, 0.05) is 25.8 Å². The lowest BCUT2D eigenvalue weighted by Gasteiger charge is -2.31. The maximum absolute atomic E-state index is 5.80. The summed E-state index contributed by atoms with van der Waals surface area (Å²) in [4.78, 5) is 4.43. The van der Waals surface area contributed by atoms with Gasteiger partial charge in [-0.2, -0.15) is 0 Å². The van der Waals surface area contributed by atoms with Crippen molar-refractivity contribution in [3.8, 4) is 0 Å². The molecule has 0 aromatic carbocycles. The highest BCUT2D eigenvalue weighted by atomic mass is 16.5. The van der Waals surface area contributed by atoms with Crippen LogP contribution in [0.4, 0.5) is 0 Å². The third-order valence-corrected chi connectivity index (χ3v) is 3.26. The summed E-state index contributed by atoms with van der Waals surface area (Å²) < 4.78 is 5.35. The molecule has 0 aromatic rings. The van der Waals surface area contributed by atoms with Gasteiger partial charge < -0.3 is 15.8 Å². The molecule has 86 valence electrons. The first-order valence-corrected chi connectivity index (χ1v) is 5.82. The number of ether oxygens (including phenoxy) is 1. The predicted octanol–water partition coefficient (Wildman–Crippen LogP) is 0.870. The number of nitrogens with two attached hydrogens (primary N) is 1. The van der Waals surface area contributed by atoms with Crippen LogP contribution in [0, 0.1) is 5.41 Å². The van der Waals surface area contributed by atoms with Gasteiger partial charge in [0.05, 0.1) is 0 Å². The van der Waals surface area contributed by atoms with E-state index in [9.17, 15) is 0 Å². The van der Waals surface area contributed by atoms with Crippen LogP contribution in [0.2, 0.25) is 0 Å². The molecule has 2 fully saturated rings. The maximum Gasteiger partial charge on any atom is 0.188 e. The van der Waals surface area contributed by atoms with E-state index in [1.807, 2.05) is 0 Å². The second kappa shape index (κ2) is 4.39. The van der Waals surface area contributed by atoms with Crippen molar-refractivity contribution >= 4 is 5.96 Å². The van der Waals surface area contributed by atoms with Crippen molar-refractivity contribution in [3.63, 3.8) is 0 Å². The molecule has 3 N–H and O–H groups in total. The molecule has 2 aliphatic rings. The zero-order chi connectivity index (χ0) is 10.7. The van der Waals surface area contributed by atoms with Gasteiger partial charge in [0.15, 0.2) is 5.96 Å². The lowest BCUT2D eigenvalue weighted by atomic mass is 9.83. The minimum Gasteiger partial charge on any atom is -0.381 e. The maximum atomic E-state index is 5.80. The number of hydrogen-bond donors (Lipinski definition) is 2. The van der Waals surface area contributed by atoms with E-state index in [-0.39, 0.29) is 5.41 Å². The van der Waals surface area contributed by atoms with E-state index in [2.05, 4.69) is 17.2 Å². The number of guanidine groups is 1.